The topological polar surface area (TPSA) is 88.0 Å². The molecular formula is C13H18N2O4S. The zero-order valence-corrected chi connectivity index (χ0v) is 12.1. The molecule has 1 aromatic carbocycles. The Hall–Kier alpha value is -1.60. The Morgan fingerprint density at radius 2 is 2.15 bits per heavy atom. The normalized spacial score (nSPS) is 20.1. The first kappa shape index (κ1) is 14.8. The van der Waals surface area contributed by atoms with Crippen LogP contribution >= 0.6 is 0 Å². The van der Waals surface area contributed by atoms with E-state index in [-0.39, 0.29) is 11.9 Å². The highest BCUT2D eigenvalue weighted by Crippen LogP contribution is 2.17. The number of nitrogens with one attached hydrogen (secondary N) is 1. The highest BCUT2D eigenvalue weighted by molar-refractivity contribution is 7.92. The van der Waals surface area contributed by atoms with Crippen molar-refractivity contribution in [2.75, 3.05) is 17.1 Å². The van der Waals surface area contributed by atoms with Gasteiger partial charge in [-0.25, -0.2) is 8.42 Å². The molecule has 1 saturated heterocycles. The maximum atomic E-state index is 12.0. The minimum absolute atomic E-state index is 0.0219. The second-order valence-corrected chi connectivity index (χ2v) is 6.55. The molecule has 0 amide bonds. The molecule has 6 nitrogen and oxygen atoms in total. The SMILES string of the molecule is CC(=NO)c1ccc(NS(=O)(=O)CC2CCCO2)cc1. The Morgan fingerprint density at radius 1 is 1.45 bits per heavy atom. The van der Waals surface area contributed by atoms with Gasteiger partial charge in [-0.15, -0.1) is 0 Å². The average Bonchev–Trinajstić information content (AvgIpc) is 2.90. The van der Waals surface area contributed by atoms with Crippen molar-refractivity contribution in [3.8, 4) is 0 Å². The summed E-state index contributed by atoms with van der Waals surface area (Å²) in [6, 6.07) is 6.66. The molecule has 20 heavy (non-hydrogen) atoms. The third-order valence-corrected chi connectivity index (χ3v) is 4.51. The average molecular weight is 298 g/mol. The van der Waals surface area contributed by atoms with E-state index in [9.17, 15) is 8.42 Å². The van der Waals surface area contributed by atoms with Crippen LogP contribution in [0.1, 0.15) is 25.3 Å². The number of rotatable bonds is 5. The standard InChI is InChI=1S/C13H18N2O4S/c1-10(14-16)11-4-6-12(7-5-11)15-20(17,18)9-13-3-2-8-19-13/h4-7,13,15-16H,2-3,8-9H2,1H3. The summed E-state index contributed by atoms with van der Waals surface area (Å²) in [5.74, 6) is -0.0219. The summed E-state index contributed by atoms with van der Waals surface area (Å²) in [6.45, 7) is 2.30. The van der Waals surface area contributed by atoms with E-state index in [4.69, 9.17) is 9.94 Å². The van der Waals surface area contributed by atoms with Gasteiger partial charge in [0.2, 0.25) is 10.0 Å². The molecule has 0 spiro atoms. The summed E-state index contributed by atoms with van der Waals surface area (Å²) < 4.78 is 31.8. The van der Waals surface area contributed by atoms with Gasteiger partial charge in [-0.2, -0.15) is 0 Å². The van der Waals surface area contributed by atoms with Crippen LogP contribution in [-0.2, 0) is 14.8 Å². The van der Waals surface area contributed by atoms with Crippen molar-refractivity contribution in [2.45, 2.75) is 25.9 Å². The molecule has 0 aromatic heterocycles. The van der Waals surface area contributed by atoms with Crippen LogP contribution in [0.5, 0.6) is 0 Å². The molecule has 0 radical (unpaired) electrons. The van der Waals surface area contributed by atoms with Gasteiger partial charge in [0.15, 0.2) is 0 Å². The van der Waals surface area contributed by atoms with Crippen molar-refractivity contribution in [3.05, 3.63) is 29.8 Å². The molecule has 1 aliphatic rings. The van der Waals surface area contributed by atoms with Gasteiger partial charge in [0.05, 0.1) is 17.6 Å². The summed E-state index contributed by atoms with van der Waals surface area (Å²) in [5.41, 5.74) is 1.69. The van der Waals surface area contributed by atoms with Crippen molar-refractivity contribution in [3.63, 3.8) is 0 Å². The van der Waals surface area contributed by atoms with Gasteiger partial charge in [0, 0.05) is 12.3 Å². The Bertz CT molecular complexity index is 575. The first-order valence-electron chi connectivity index (χ1n) is 6.41. The lowest BCUT2D eigenvalue weighted by Crippen LogP contribution is -2.25. The lowest BCUT2D eigenvalue weighted by Gasteiger charge is -2.12. The molecule has 0 bridgehead atoms. The molecule has 1 atom stereocenters. The van der Waals surface area contributed by atoms with Gasteiger partial charge in [0.25, 0.3) is 0 Å². The van der Waals surface area contributed by atoms with Gasteiger partial charge in [-0.3, -0.25) is 4.72 Å². The van der Waals surface area contributed by atoms with Gasteiger partial charge >= 0.3 is 0 Å². The number of hydrogen-bond acceptors (Lipinski definition) is 5. The van der Waals surface area contributed by atoms with Crippen molar-refractivity contribution in [2.24, 2.45) is 5.16 Å². The summed E-state index contributed by atoms with van der Waals surface area (Å²) in [7, 11) is -3.41. The molecule has 110 valence electrons. The second-order valence-electron chi connectivity index (χ2n) is 4.78. The maximum Gasteiger partial charge on any atom is 0.235 e. The van der Waals surface area contributed by atoms with Crippen molar-refractivity contribution in [1.82, 2.24) is 0 Å². The largest absolute Gasteiger partial charge is 0.411 e. The Kier molecular flexibility index (Phi) is 4.61. The number of sulfonamides is 1. The molecule has 1 unspecified atom stereocenters. The van der Waals surface area contributed by atoms with Crippen LogP contribution in [0.2, 0.25) is 0 Å². The van der Waals surface area contributed by atoms with E-state index in [1.807, 2.05) is 0 Å². The fourth-order valence-electron chi connectivity index (χ4n) is 2.08. The highest BCUT2D eigenvalue weighted by Gasteiger charge is 2.23. The van der Waals surface area contributed by atoms with Crippen LogP contribution in [0.3, 0.4) is 0 Å². The molecule has 2 N–H and O–H groups in total. The van der Waals surface area contributed by atoms with E-state index in [0.29, 0.717) is 18.0 Å². The minimum Gasteiger partial charge on any atom is -0.411 e. The van der Waals surface area contributed by atoms with Gasteiger partial charge in [0.1, 0.15) is 0 Å². The van der Waals surface area contributed by atoms with Crippen molar-refractivity contribution in [1.29, 1.82) is 0 Å². The van der Waals surface area contributed by atoms with E-state index in [0.717, 1.165) is 18.4 Å². The molecule has 0 aliphatic carbocycles. The van der Waals surface area contributed by atoms with Crippen LogP contribution in [0.4, 0.5) is 5.69 Å². The smallest absolute Gasteiger partial charge is 0.235 e. The van der Waals surface area contributed by atoms with E-state index >= 15 is 0 Å². The number of anilines is 1. The van der Waals surface area contributed by atoms with E-state index in [2.05, 4.69) is 9.88 Å². The Balaban J connectivity index is 2.01. The fraction of sp³-hybridized carbons (Fsp3) is 0.462. The highest BCUT2D eigenvalue weighted by atomic mass is 32.2. The number of hydrogen-bond donors (Lipinski definition) is 2. The lowest BCUT2D eigenvalue weighted by molar-refractivity contribution is 0.127. The molecule has 2 rings (SSSR count). The first-order chi connectivity index (χ1) is 9.50. The minimum atomic E-state index is -3.41. The summed E-state index contributed by atoms with van der Waals surface area (Å²) in [6.07, 6.45) is 1.48. The number of benzene rings is 1. The fourth-order valence-corrected chi connectivity index (χ4v) is 3.41. The quantitative estimate of drug-likeness (QED) is 0.493. The van der Waals surface area contributed by atoms with E-state index < -0.39 is 10.0 Å². The second kappa shape index (κ2) is 6.23. The molecule has 1 aliphatic heterocycles. The van der Waals surface area contributed by atoms with Crippen molar-refractivity contribution >= 4 is 21.4 Å². The predicted molar refractivity (Wildman–Crippen MR) is 76.8 cm³/mol. The van der Waals surface area contributed by atoms with Gasteiger partial charge in [-0.1, -0.05) is 17.3 Å². The predicted octanol–water partition coefficient (Wildman–Crippen LogP) is 1.81. The molecule has 1 aromatic rings. The summed E-state index contributed by atoms with van der Waals surface area (Å²) in [5, 5.41) is 11.8. The van der Waals surface area contributed by atoms with Gasteiger partial charge < -0.3 is 9.94 Å². The van der Waals surface area contributed by atoms with Crippen LogP contribution in [0.25, 0.3) is 0 Å². The molecule has 1 fully saturated rings. The zero-order valence-electron chi connectivity index (χ0n) is 11.2. The number of nitrogens with zero attached hydrogens (tertiary/aromatic N) is 1. The number of oxime groups is 1. The summed E-state index contributed by atoms with van der Waals surface area (Å²) in [4.78, 5) is 0. The lowest BCUT2D eigenvalue weighted by atomic mass is 10.1. The van der Waals surface area contributed by atoms with E-state index in [1.54, 1.807) is 31.2 Å². The van der Waals surface area contributed by atoms with Gasteiger partial charge in [-0.05, 0) is 37.5 Å². The van der Waals surface area contributed by atoms with Crippen LogP contribution in [-0.4, -0.2) is 37.8 Å². The molecule has 0 saturated carbocycles. The van der Waals surface area contributed by atoms with Crippen LogP contribution < -0.4 is 4.72 Å². The van der Waals surface area contributed by atoms with Crippen LogP contribution in [0, 0.1) is 0 Å². The zero-order chi connectivity index (χ0) is 14.6. The molecular weight excluding hydrogens is 280 g/mol. The third-order valence-electron chi connectivity index (χ3n) is 3.16. The first-order valence-corrected chi connectivity index (χ1v) is 8.06. The molecule has 7 heteroatoms. The van der Waals surface area contributed by atoms with E-state index in [1.165, 1.54) is 0 Å². The number of ether oxygens (including phenoxy) is 1. The Labute approximate surface area is 118 Å². The third kappa shape index (κ3) is 3.94. The Morgan fingerprint density at radius 3 is 2.70 bits per heavy atom. The molecule has 1 heterocycles. The summed E-state index contributed by atoms with van der Waals surface area (Å²) >= 11 is 0. The monoisotopic (exact) mass is 298 g/mol. The van der Waals surface area contributed by atoms with Crippen molar-refractivity contribution < 1.29 is 18.4 Å². The maximum absolute atomic E-state index is 12.0. The van der Waals surface area contributed by atoms with Crippen LogP contribution in [0.15, 0.2) is 29.4 Å².